The Hall–Kier alpha value is -2.06. The molecule has 0 aliphatic carbocycles. The predicted octanol–water partition coefficient (Wildman–Crippen LogP) is 2.67. The van der Waals surface area contributed by atoms with Gasteiger partial charge in [0.25, 0.3) is 5.91 Å². The molecule has 8 heteroatoms. The molecule has 1 unspecified atom stereocenters. The highest BCUT2D eigenvalue weighted by Gasteiger charge is 2.18. The van der Waals surface area contributed by atoms with E-state index in [1.165, 1.54) is 11.3 Å². The molecule has 1 aliphatic rings. The fraction of sp³-hybridized carbons (Fsp3) is 0.250. The summed E-state index contributed by atoms with van der Waals surface area (Å²) >= 11 is 4.63. The second kappa shape index (κ2) is 7.23. The number of benzene rings is 1. The molecule has 24 heavy (non-hydrogen) atoms. The highest BCUT2D eigenvalue weighted by molar-refractivity contribution is 9.11. The molecule has 0 bridgehead atoms. The summed E-state index contributed by atoms with van der Waals surface area (Å²) in [5.41, 5.74) is 0.897. The normalized spacial score (nSPS) is 13.4. The van der Waals surface area contributed by atoms with E-state index in [9.17, 15) is 9.59 Å². The molecule has 0 spiro atoms. The molecule has 1 atom stereocenters. The number of fused-ring (bicyclic) bond motifs is 1. The third kappa shape index (κ3) is 3.88. The van der Waals surface area contributed by atoms with Gasteiger partial charge in [0, 0.05) is 6.54 Å². The van der Waals surface area contributed by atoms with Gasteiger partial charge in [-0.05, 0) is 52.7 Å². The zero-order valence-corrected chi connectivity index (χ0v) is 15.2. The minimum absolute atomic E-state index is 0.215. The fourth-order valence-electron chi connectivity index (χ4n) is 2.16. The Labute approximate surface area is 151 Å². The third-order valence-corrected chi connectivity index (χ3v) is 5.06. The molecule has 2 aromatic rings. The van der Waals surface area contributed by atoms with Gasteiger partial charge in [-0.3, -0.25) is 9.59 Å². The lowest BCUT2D eigenvalue weighted by Gasteiger charge is -2.13. The van der Waals surface area contributed by atoms with Crippen molar-refractivity contribution in [2.75, 3.05) is 6.79 Å². The molecule has 0 saturated carbocycles. The molecule has 1 aromatic carbocycles. The van der Waals surface area contributed by atoms with E-state index in [4.69, 9.17) is 9.47 Å². The first-order valence-corrected chi connectivity index (χ1v) is 8.86. The number of nitrogens with one attached hydrogen (secondary N) is 2. The van der Waals surface area contributed by atoms with Gasteiger partial charge in [-0.15, -0.1) is 11.3 Å². The van der Waals surface area contributed by atoms with Crippen LogP contribution in [0.1, 0.15) is 22.2 Å². The monoisotopic (exact) mass is 410 g/mol. The summed E-state index contributed by atoms with van der Waals surface area (Å²) in [7, 11) is 0. The van der Waals surface area contributed by atoms with Crippen molar-refractivity contribution >= 4 is 39.1 Å². The van der Waals surface area contributed by atoms with Crippen LogP contribution in [0.2, 0.25) is 0 Å². The SMILES string of the molecule is CC(NC(=O)c1ccc(Br)s1)C(=O)NCc1ccc2c(c1)OCO2. The Bertz CT molecular complexity index is 777. The van der Waals surface area contributed by atoms with Crippen molar-refractivity contribution in [1.82, 2.24) is 10.6 Å². The van der Waals surface area contributed by atoms with Gasteiger partial charge in [0.05, 0.1) is 8.66 Å². The molecule has 2 amide bonds. The predicted molar refractivity (Wildman–Crippen MR) is 93.4 cm³/mol. The number of amides is 2. The van der Waals surface area contributed by atoms with Gasteiger partial charge in [-0.25, -0.2) is 0 Å². The van der Waals surface area contributed by atoms with Crippen LogP contribution in [0.5, 0.6) is 11.5 Å². The van der Waals surface area contributed by atoms with Crippen molar-refractivity contribution in [2.45, 2.75) is 19.5 Å². The van der Waals surface area contributed by atoms with Gasteiger partial charge in [0.15, 0.2) is 11.5 Å². The van der Waals surface area contributed by atoms with Crippen LogP contribution < -0.4 is 20.1 Å². The number of hydrogen-bond donors (Lipinski definition) is 2. The average molecular weight is 411 g/mol. The number of rotatable bonds is 5. The van der Waals surface area contributed by atoms with Gasteiger partial charge < -0.3 is 20.1 Å². The summed E-state index contributed by atoms with van der Waals surface area (Å²) in [6.45, 7) is 2.21. The first kappa shape index (κ1) is 16.8. The molecule has 0 radical (unpaired) electrons. The van der Waals surface area contributed by atoms with Crippen molar-refractivity contribution in [3.63, 3.8) is 0 Å². The lowest BCUT2D eigenvalue weighted by molar-refractivity contribution is -0.122. The van der Waals surface area contributed by atoms with Crippen LogP contribution in [0.4, 0.5) is 0 Å². The molecule has 3 rings (SSSR count). The van der Waals surface area contributed by atoms with E-state index in [-0.39, 0.29) is 18.6 Å². The minimum atomic E-state index is -0.632. The second-order valence-corrected chi connectivity index (χ2v) is 7.67. The number of halogens is 1. The Balaban J connectivity index is 1.52. The van der Waals surface area contributed by atoms with E-state index in [2.05, 4.69) is 26.6 Å². The average Bonchev–Trinajstić information content (AvgIpc) is 3.20. The summed E-state index contributed by atoms with van der Waals surface area (Å²) in [6, 6.07) is 8.37. The third-order valence-electron chi connectivity index (χ3n) is 3.44. The van der Waals surface area contributed by atoms with Crippen molar-refractivity contribution in [3.05, 3.63) is 44.6 Å². The summed E-state index contributed by atoms with van der Waals surface area (Å²) in [4.78, 5) is 24.7. The molecule has 1 aromatic heterocycles. The zero-order valence-electron chi connectivity index (χ0n) is 12.8. The maximum absolute atomic E-state index is 12.1. The molecule has 2 N–H and O–H groups in total. The van der Waals surface area contributed by atoms with Crippen LogP contribution in [-0.4, -0.2) is 24.6 Å². The lowest BCUT2D eigenvalue weighted by Crippen LogP contribution is -2.44. The highest BCUT2D eigenvalue weighted by atomic mass is 79.9. The quantitative estimate of drug-likeness (QED) is 0.794. The standard InChI is InChI=1S/C16H15BrN2O4S/c1-9(19-16(21)13-4-5-14(17)24-13)15(20)18-7-10-2-3-11-12(6-10)23-8-22-11/h2-6,9H,7-8H2,1H3,(H,18,20)(H,19,21). The Morgan fingerprint density at radius 2 is 2.04 bits per heavy atom. The minimum Gasteiger partial charge on any atom is -0.454 e. The van der Waals surface area contributed by atoms with E-state index in [0.717, 1.165) is 9.35 Å². The smallest absolute Gasteiger partial charge is 0.262 e. The first-order valence-electron chi connectivity index (χ1n) is 7.25. The van der Waals surface area contributed by atoms with Crippen LogP contribution in [-0.2, 0) is 11.3 Å². The molecule has 2 heterocycles. The number of thiophene rings is 1. The van der Waals surface area contributed by atoms with E-state index < -0.39 is 6.04 Å². The molecular weight excluding hydrogens is 396 g/mol. The van der Waals surface area contributed by atoms with Crippen LogP contribution in [0.3, 0.4) is 0 Å². The number of hydrogen-bond acceptors (Lipinski definition) is 5. The van der Waals surface area contributed by atoms with Crippen LogP contribution >= 0.6 is 27.3 Å². The molecule has 126 valence electrons. The van der Waals surface area contributed by atoms with Gasteiger partial charge >= 0.3 is 0 Å². The van der Waals surface area contributed by atoms with Crippen molar-refractivity contribution < 1.29 is 19.1 Å². The molecule has 0 fully saturated rings. The van der Waals surface area contributed by atoms with Crippen LogP contribution in [0.15, 0.2) is 34.1 Å². The van der Waals surface area contributed by atoms with Crippen LogP contribution in [0.25, 0.3) is 0 Å². The Morgan fingerprint density at radius 1 is 1.25 bits per heavy atom. The number of carbonyl (C=O) groups is 2. The maximum Gasteiger partial charge on any atom is 0.262 e. The fourth-order valence-corrected chi connectivity index (χ4v) is 3.45. The van der Waals surface area contributed by atoms with Gasteiger partial charge in [0.1, 0.15) is 6.04 Å². The Morgan fingerprint density at radius 3 is 2.79 bits per heavy atom. The van der Waals surface area contributed by atoms with Gasteiger partial charge in [-0.1, -0.05) is 6.07 Å². The van der Waals surface area contributed by atoms with Gasteiger partial charge in [0.2, 0.25) is 12.7 Å². The second-order valence-electron chi connectivity index (χ2n) is 5.20. The molecule has 0 saturated heterocycles. The van der Waals surface area contributed by atoms with Gasteiger partial charge in [-0.2, -0.15) is 0 Å². The molecular formula is C16H15BrN2O4S. The zero-order chi connectivity index (χ0) is 17.1. The van der Waals surface area contributed by atoms with Crippen molar-refractivity contribution in [2.24, 2.45) is 0 Å². The highest BCUT2D eigenvalue weighted by Crippen LogP contribution is 2.32. The maximum atomic E-state index is 12.1. The summed E-state index contributed by atoms with van der Waals surface area (Å²) in [5, 5.41) is 5.48. The van der Waals surface area contributed by atoms with E-state index in [0.29, 0.717) is 22.9 Å². The van der Waals surface area contributed by atoms with E-state index >= 15 is 0 Å². The van der Waals surface area contributed by atoms with Crippen molar-refractivity contribution in [3.8, 4) is 11.5 Å². The molecule has 1 aliphatic heterocycles. The summed E-state index contributed by atoms with van der Waals surface area (Å²) in [5.74, 6) is 0.854. The van der Waals surface area contributed by atoms with E-state index in [1.54, 1.807) is 19.1 Å². The number of carbonyl (C=O) groups excluding carboxylic acids is 2. The van der Waals surface area contributed by atoms with Crippen LogP contribution in [0, 0.1) is 0 Å². The number of ether oxygens (including phenoxy) is 2. The largest absolute Gasteiger partial charge is 0.454 e. The summed E-state index contributed by atoms with van der Waals surface area (Å²) in [6.07, 6.45) is 0. The first-order chi connectivity index (χ1) is 11.5. The Kier molecular flexibility index (Phi) is 5.06. The topological polar surface area (TPSA) is 76.7 Å². The molecule has 6 nitrogen and oxygen atoms in total. The summed E-state index contributed by atoms with van der Waals surface area (Å²) < 4.78 is 11.4. The van der Waals surface area contributed by atoms with Crippen molar-refractivity contribution in [1.29, 1.82) is 0 Å². The lowest BCUT2D eigenvalue weighted by atomic mass is 10.2. The van der Waals surface area contributed by atoms with E-state index in [1.807, 2.05) is 18.2 Å².